The van der Waals surface area contributed by atoms with E-state index in [1.165, 1.54) is 19.1 Å². The molecule has 0 aliphatic carbocycles. The van der Waals surface area contributed by atoms with Crippen molar-refractivity contribution in [1.29, 1.82) is 0 Å². The van der Waals surface area contributed by atoms with E-state index in [9.17, 15) is 13.9 Å². The minimum atomic E-state index is -1.57. The summed E-state index contributed by atoms with van der Waals surface area (Å²) in [6, 6.07) is 9.28. The zero-order valence-corrected chi connectivity index (χ0v) is 11.2. The maximum Gasteiger partial charge on any atom is 0.165 e. The molecule has 1 atom stereocenters. The number of aryl methyl sites for hydroxylation is 1. The second-order valence-electron chi connectivity index (χ2n) is 4.92. The first-order valence-electron chi connectivity index (χ1n) is 6.09. The second kappa shape index (κ2) is 4.74. The molecule has 19 heavy (non-hydrogen) atoms. The van der Waals surface area contributed by atoms with E-state index in [1.54, 1.807) is 12.1 Å². The van der Waals surface area contributed by atoms with Crippen LogP contribution in [0.15, 0.2) is 36.4 Å². The van der Waals surface area contributed by atoms with Crippen LogP contribution >= 0.6 is 0 Å². The summed E-state index contributed by atoms with van der Waals surface area (Å²) in [7, 11) is 0. The fourth-order valence-corrected chi connectivity index (χ4v) is 2.30. The topological polar surface area (TPSA) is 20.2 Å². The van der Waals surface area contributed by atoms with Crippen LogP contribution in [0.1, 0.15) is 29.2 Å². The molecule has 0 amide bonds. The molecule has 0 saturated heterocycles. The standard InChI is InChI=1S/C16H16F2O/c1-10-6-4-7-12(11(10)2)16(3,19)13-8-5-9-14(17)15(13)18/h4-9,19H,1-3H3. The van der Waals surface area contributed by atoms with Crippen LogP contribution in [0.4, 0.5) is 8.78 Å². The van der Waals surface area contributed by atoms with Crippen molar-refractivity contribution in [2.75, 3.05) is 0 Å². The van der Waals surface area contributed by atoms with Crippen molar-refractivity contribution < 1.29 is 13.9 Å². The van der Waals surface area contributed by atoms with Crippen molar-refractivity contribution in [2.24, 2.45) is 0 Å². The summed E-state index contributed by atoms with van der Waals surface area (Å²) in [5.41, 5.74) is 0.825. The van der Waals surface area contributed by atoms with Gasteiger partial charge in [-0.3, -0.25) is 0 Å². The first-order valence-corrected chi connectivity index (χ1v) is 6.09. The van der Waals surface area contributed by atoms with Crippen LogP contribution in [0.5, 0.6) is 0 Å². The van der Waals surface area contributed by atoms with Gasteiger partial charge in [0.25, 0.3) is 0 Å². The molecule has 0 aliphatic rings. The highest BCUT2D eigenvalue weighted by molar-refractivity contribution is 5.43. The molecule has 0 fully saturated rings. The van der Waals surface area contributed by atoms with Gasteiger partial charge in [0, 0.05) is 5.56 Å². The van der Waals surface area contributed by atoms with Crippen LogP contribution in [0, 0.1) is 25.5 Å². The quantitative estimate of drug-likeness (QED) is 0.872. The fraction of sp³-hybridized carbons (Fsp3) is 0.250. The van der Waals surface area contributed by atoms with E-state index < -0.39 is 17.2 Å². The first-order chi connectivity index (χ1) is 8.85. The Labute approximate surface area is 111 Å². The summed E-state index contributed by atoms with van der Waals surface area (Å²) in [4.78, 5) is 0. The van der Waals surface area contributed by atoms with Crippen LogP contribution in [0.2, 0.25) is 0 Å². The van der Waals surface area contributed by atoms with Crippen molar-refractivity contribution in [3.63, 3.8) is 0 Å². The maximum atomic E-state index is 13.9. The van der Waals surface area contributed by atoms with E-state index in [0.29, 0.717) is 5.56 Å². The third kappa shape index (κ3) is 2.26. The fourth-order valence-electron chi connectivity index (χ4n) is 2.30. The molecular formula is C16H16F2O. The zero-order valence-electron chi connectivity index (χ0n) is 11.2. The molecular weight excluding hydrogens is 246 g/mol. The molecule has 1 nitrogen and oxygen atoms in total. The van der Waals surface area contributed by atoms with Gasteiger partial charge in [-0.05, 0) is 43.5 Å². The summed E-state index contributed by atoms with van der Waals surface area (Å²) in [6.07, 6.45) is 0. The van der Waals surface area contributed by atoms with Crippen LogP contribution in [-0.2, 0) is 5.60 Å². The Balaban J connectivity index is 2.65. The smallest absolute Gasteiger partial charge is 0.165 e. The molecule has 0 aromatic heterocycles. The van der Waals surface area contributed by atoms with Gasteiger partial charge in [0.1, 0.15) is 5.60 Å². The number of rotatable bonds is 2. The van der Waals surface area contributed by atoms with E-state index in [-0.39, 0.29) is 5.56 Å². The van der Waals surface area contributed by atoms with Crippen LogP contribution < -0.4 is 0 Å². The Bertz CT molecular complexity index is 565. The molecule has 1 unspecified atom stereocenters. The van der Waals surface area contributed by atoms with Crippen LogP contribution in [0.25, 0.3) is 0 Å². The molecule has 2 aromatic rings. The van der Waals surface area contributed by atoms with Gasteiger partial charge >= 0.3 is 0 Å². The predicted molar refractivity (Wildman–Crippen MR) is 70.9 cm³/mol. The van der Waals surface area contributed by atoms with Gasteiger partial charge in [0.15, 0.2) is 11.6 Å². The van der Waals surface area contributed by atoms with Gasteiger partial charge < -0.3 is 5.11 Å². The molecule has 100 valence electrons. The van der Waals surface area contributed by atoms with Crippen molar-refractivity contribution in [2.45, 2.75) is 26.4 Å². The number of benzene rings is 2. The lowest BCUT2D eigenvalue weighted by atomic mass is 9.84. The van der Waals surface area contributed by atoms with E-state index in [2.05, 4.69) is 0 Å². The van der Waals surface area contributed by atoms with Gasteiger partial charge in [0.05, 0.1) is 0 Å². The number of hydrogen-bond donors (Lipinski definition) is 1. The third-order valence-electron chi connectivity index (χ3n) is 3.61. The molecule has 0 spiro atoms. The lowest BCUT2D eigenvalue weighted by molar-refractivity contribution is 0.0962. The lowest BCUT2D eigenvalue weighted by Crippen LogP contribution is -2.26. The molecule has 0 radical (unpaired) electrons. The normalized spacial score (nSPS) is 14.2. The van der Waals surface area contributed by atoms with Crippen molar-refractivity contribution in [3.05, 3.63) is 70.3 Å². The van der Waals surface area contributed by atoms with Crippen molar-refractivity contribution in [1.82, 2.24) is 0 Å². The molecule has 0 saturated carbocycles. The average Bonchev–Trinajstić information content (AvgIpc) is 2.35. The summed E-state index contributed by atoms with van der Waals surface area (Å²) in [5, 5.41) is 10.7. The lowest BCUT2D eigenvalue weighted by Gasteiger charge is -2.27. The monoisotopic (exact) mass is 262 g/mol. The van der Waals surface area contributed by atoms with Gasteiger partial charge in [-0.25, -0.2) is 8.78 Å². The summed E-state index contributed by atoms with van der Waals surface area (Å²) < 4.78 is 27.2. The van der Waals surface area contributed by atoms with E-state index >= 15 is 0 Å². The van der Waals surface area contributed by atoms with Crippen molar-refractivity contribution in [3.8, 4) is 0 Å². The molecule has 2 rings (SSSR count). The highest BCUT2D eigenvalue weighted by Crippen LogP contribution is 2.34. The average molecular weight is 262 g/mol. The second-order valence-corrected chi connectivity index (χ2v) is 4.92. The van der Waals surface area contributed by atoms with Crippen LogP contribution in [-0.4, -0.2) is 5.11 Å². The van der Waals surface area contributed by atoms with E-state index in [4.69, 9.17) is 0 Å². The summed E-state index contributed by atoms with van der Waals surface area (Å²) in [5.74, 6) is -1.96. The minimum absolute atomic E-state index is 0.0544. The number of aliphatic hydroxyl groups is 1. The molecule has 2 aromatic carbocycles. The Hall–Kier alpha value is -1.74. The SMILES string of the molecule is Cc1cccc(C(C)(O)c2cccc(F)c2F)c1C. The zero-order chi connectivity index (χ0) is 14.2. The summed E-state index contributed by atoms with van der Waals surface area (Å²) >= 11 is 0. The predicted octanol–water partition coefficient (Wildman–Crippen LogP) is 3.84. The minimum Gasteiger partial charge on any atom is -0.381 e. The van der Waals surface area contributed by atoms with Crippen molar-refractivity contribution >= 4 is 0 Å². The highest BCUT2D eigenvalue weighted by Gasteiger charge is 2.31. The molecule has 0 bridgehead atoms. The van der Waals surface area contributed by atoms with Crippen LogP contribution in [0.3, 0.4) is 0 Å². The van der Waals surface area contributed by atoms with Gasteiger partial charge in [0.2, 0.25) is 0 Å². The Kier molecular flexibility index (Phi) is 3.42. The largest absolute Gasteiger partial charge is 0.381 e. The Morgan fingerprint density at radius 2 is 1.53 bits per heavy atom. The number of hydrogen-bond acceptors (Lipinski definition) is 1. The Morgan fingerprint density at radius 1 is 0.947 bits per heavy atom. The Morgan fingerprint density at radius 3 is 2.21 bits per heavy atom. The molecule has 0 aliphatic heterocycles. The molecule has 1 N–H and O–H groups in total. The van der Waals surface area contributed by atoms with Gasteiger partial charge in [-0.15, -0.1) is 0 Å². The van der Waals surface area contributed by atoms with Gasteiger partial charge in [-0.1, -0.05) is 30.3 Å². The molecule has 0 heterocycles. The van der Waals surface area contributed by atoms with E-state index in [0.717, 1.165) is 17.2 Å². The summed E-state index contributed by atoms with van der Waals surface area (Å²) in [6.45, 7) is 5.25. The van der Waals surface area contributed by atoms with Gasteiger partial charge in [-0.2, -0.15) is 0 Å². The highest BCUT2D eigenvalue weighted by atomic mass is 19.2. The molecule has 3 heteroatoms. The number of halogens is 2. The maximum absolute atomic E-state index is 13.9. The van der Waals surface area contributed by atoms with E-state index in [1.807, 2.05) is 19.9 Å². The first kappa shape index (κ1) is 13.7. The third-order valence-corrected chi connectivity index (χ3v) is 3.61.